The summed E-state index contributed by atoms with van der Waals surface area (Å²) >= 11 is 1.35. The molecule has 7 nitrogen and oxygen atoms in total. The number of thioether (sulfide) groups is 1. The number of anilines is 1. The highest BCUT2D eigenvalue weighted by atomic mass is 32.2. The van der Waals surface area contributed by atoms with Gasteiger partial charge in [-0.15, -0.1) is 10.2 Å². The van der Waals surface area contributed by atoms with Gasteiger partial charge in [0.25, 0.3) is 5.91 Å². The van der Waals surface area contributed by atoms with Gasteiger partial charge in [-0.3, -0.25) is 9.59 Å². The first-order chi connectivity index (χ1) is 16.7. The maximum absolute atomic E-state index is 12.9. The second-order valence-corrected chi connectivity index (χ2v) is 10.2. The lowest BCUT2D eigenvalue weighted by atomic mass is 10.0. The number of hydrogen-bond donors (Lipinski definition) is 2. The van der Waals surface area contributed by atoms with Gasteiger partial charge in [0.1, 0.15) is 0 Å². The monoisotopic (exact) mass is 493 g/mol. The smallest absolute Gasteiger partial charge is 0.251 e. The van der Waals surface area contributed by atoms with Crippen LogP contribution in [0, 0.1) is 12.8 Å². The summed E-state index contributed by atoms with van der Waals surface area (Å²) in [6, 6.07) is 15.1. The lowest BCUT2D eigenvalue weighted by Gasteiger charge is -2.22. The van der Waals surface area contributed by atoms with Gasteiger partial charge < -0.3 is 15.2 Å². The molecule has 3 aromatic rings. The van der Waals surface area contributed by atoms with E-state index in [-0.39, 0.29) is 29.5 Å². The average Bonchev–Trinajstić information content (AvgIpc) is 3.23. The van der Waals surface area contributed by atoms with E-state index in [0.29, 0.717) is 29.0 Å². The minimum atomic E-state index is -0.309. The molecule has 0 bridgehead atoms. The molecule has 8 heteroatoms. The van der Waals surface area contributed by atoms with Gasteiger partial charge in [-0.05, 0) is 49.4 Å². The number of carbonyl (C=O) groups excluding carboxylic acids is 2. The van der Waals surface area contributed by atoms with Crippen LogP contribution in [0.4, 0.5) is 5.69 Å². The van der Waals surface area contributed by atoms with E-state index in [4.69, 9.17) is 0 Å². The molecule has 1 atom stereocenters. The Bertz CT molecular complexity index is 1170. The lowest BCUT2D eigenvalue weighted by Crippen LogP contribution is -2.33. The van der Waals surface area contributed by atoms with E-state index in [1.807, 2.05) is 80.8 Å². The van der Waals surface area contributed by atoms with Crippen molar-refractivity contribution < 1.29 is 9.59 Å². The Hall–Kier alpha value is -3.13. The number of nitrogens with one attached hydrogen (secondary N) is 2. The zero-order valence-corrected chi connectivity index (χ0v) is 22.1. The molecule has 35 heavy (non-hydrogen) atoms. The fourth-order valence-electron chi connectivity index (χ4n) is 3.91. The minimum absolute atomic E-state index is 0.0940. The van der Waals surface area contributed by atoms with Crippen molar-refractivity contribution in [3.8, 4) is 0 Å². The van der Waals surface area contributed by atoms with Crippen LogP contribution in [-0.2, 0) is 11.3 Å². The molecule has 186 valence electrons. The molecule has 0 radical (unpaired) electrons. The number of carbonyl (C=O) groups is 2. The summed E-state index contributed by atoms with van der Waals surface area (Å²) in [4.78, 5) is 25.6. The molecule has 2 aromatic carbocycles. The zero-order chi connectivity index (χ0) is 25.5. The summed E-state index contributed by atoms with van der Waals surface area (Å²) < 4.78 is 1.97. The highest BCUT2D eigenvalue weighted by Crippen LogP contribution is 2.27. The largest absolute Gasteiger partial charge is 0.342 e. The predicted octanol–water partition coefficient (Wildman–Crippen LogP) is 5.59. The van der Waals surface area contributed by atoms with Crippen molar-refractivity contribution in [2.45, 2.75) is 65.2 Å². The van der Waals surface area contributed by atoms with E-state index in [0.717, 1.165) is 16.8 Å². The van der Waals surface area contributed by atoms with Gasteiger partial charge in [-0.25, -0.2) is 0 Å². The molecular formula is C27H35N5O2S. The number of nitrogens with zero attached hydrogens (tertiary/aromatic N) is 3. The summed E-state index contributed by atoms with van der Waals surface area (Å²) in [5.74, 6) is 1.09. The Morgan fingerprint density at radius 1 is 1.03 bits per heavy atom. The van der Waals surface area contributed by atoms with Gasteiger partial charge in [0.05, 0.1) is 11.8 Å². The molecule has 0 fully saturated rings. The standard InChI is InChI=1S/C27H35N5O2S/c1-7-32-25(24(18(4)5)29-26(34)20-12-10-11-19(6)15-20)30-31-27(32)35-16-23(33)28-22-14-9-8-13-21(22)17(2)3/h8-15,17-18,24H,7,16H2,1-6H3,(H,28,33)(H,29,34)/t24-/m0/s1. The molecule has 3 rings (SSSR count). The van der Waals surface area contributed by atoms with Gasteiger partial charge in [0.15, 0.2) is 11.0 Å². The van der Waals surface area contributed by atoms with Crippen molar-refractivity contribution >= 4 is 29.3 Å². The number of amides is 2. The quantitative estimate of drug-likeness (QED) is 0.360. The first-order valence-electron chi connectivity index (χ1n) is 12.0. The molecule has 0 saturated heterocycles. The van der Waals surface area contributed by atoms with Crippen molar-refractivity contribution in [2.75, 3.05) is 11.1 Å². The highest BCUT2D eigenvalue weighted by Gasteiger charge is 2.26. The average molecular weight is 494 g/mol. The summed E-state index contributed by atoms with van der Waals surface area (Å²) in [6.07, 6.45) is 0. The van der Waals surface area contributed by atoms with Crippen LogP contribution in [0.25, 0.3) is 0 Å². The van der Waals surface area contributed by atoms with E-state index in [1.165, 1.54) is 11.8 Å². The Morgan fingerprint density at radius 2 is 1.77 bits per heavy atom. The number of rotatable bonds is 10. The van der Waals surface area contributed by atoms with Crippen molar-refractivity contribution in [1.29, 1.82) is 0 Å². The van der Waals surface area contributed by atoms with Crippen molar-refractivity contribution in [3.05, 3.63) is 71.0 Å². The molecule has 1 heterocycles. The van der Waals surface area contributed by atoms with E-state index >= 15 is 0 Å². The molecule has 0 aliphatic rings. The Labute approximate surface area is 212 Å². The van der Waals surface area contributed by atoms with Crippen LogP contribution in [0.5, 0.6) is 0 Å². The third-order valence-corrected chi connectivity index (χ3v) is 6.73. The normalized spacial score (nSPS) is 12.1. The molecule has 0 aliphatic heterocycles. The van der Waals surface area contributed by atoms with Gasteiger partial charge in [-0.1, -0.05) is 75.4 Å². The van der Waals surface area contributed by atoms with Crippen LogP contribution >= 0.6 is 11.8 Å². The van der Waals surface area contributed by atoms with E-state index < -0.39 is 0 Å². The first kappa shape index (κ1) is 26.5. The lowest BCUT2D eigenvalue weighted by molar-refractivity contribution is -0.113. The van der Waals surface area contributed by atoms with Gasteiger partial charge in [-0.2, -0.15) is 0 Å². The van der Waals surface area contributed by atoms with Gasteiger partial charge in [0, 0.05) is 17.8 Å². The molecule has 0 aliphatic carbocycles. The van der Waals surface area contributed by atoms with E-state index in [2.05, 4.69) is 34.7 Å². The van der Waals surface area contributed by atoms with Crippen LogP contribution in [0.2, 0.25) is 0 Å². The van der Waals surface area contributed by atoms with E-state index in [1.54, 1.807) is 0 Å². The zero-order valence-electron chi connectivity index (χ0n) is 21.3. The second kappa shape index (κ2) is 12.0. The maximum atomic E-state index is 12.9. The highest BCUT2D eigenvalue weighted by molar-refractivity contribution is 7.99. The van der Waals surface area contributed by atoms with Crippen LogP contribution in [0.15, 0.2) is 53.7 Å². The molecule has 0 saturated carbocycles. The number of aromatic nitrogens is 3. The molecule has 2 N–H and O–H groups in total. The van der Waals surface area contributed by atoms with Crippen molar-refractivity contribution in [1.82, 2.24) is 20.1 Å². The fourth-order valence-corrected chi connectivity index (χ4v) is 4.71. The van der Waals surface area contributed by atoms with Crippen LogP contribution in [0.1, 0.15) is 73.9 Å². The summed E-state index contributed by atoms with van der Waals surface area (Å²) in [5.41, 5.74) is 3.59. The Kier molecular flexibility index (Phi) is 9.09. The SMILES string of the molecule is CCn1c(SCC(=O)Nc2ccccc2C(C)C)nnc1[C@@H](NC(=O)c1cccc(C)c1)C(C)C. The molecule has 0 spiro atoms. The third kappa shape index (κ3) is 6.72. The topological polar surface area (TPSA) is 88.9 Å². The Morgan fingerprint density at radius 3 is 2.43 bits per heavy atom. The molecule has 0 unspecified atom stereocenters. The Balaban J connectivity index is 1.72. The van der Waals surface area contributed by atoms with Crippen LogP contribution in [-0.4, -0.2) is 32.3 Å². The predicted molar refractivity (Wildman–Crippen MR) is 142 cm³/mol. The number of aryl methyl sites for hydroxylation is 1. The van der Waals surface area contributed by atoms with Crippen LogP contribution < -0.4 is 10.6 Å². The van der Waals surface area contributed by atoms with Gasteiger partial charge >= 0.3 is 0 Å². The number of benzene rings is 2. The molecule has 1 aromatic heterocycles. The van der Waals surface area contributed by atoms with Gasteiger partial charge in [0.2, 0.25) is 5.91 Å². The summed E-state index contributed by atoms with van der Waals surface area (Å²) in [6.45, 7) is 12.9. The maximum Gasteiger partial charge on any atom is 0.251 e. The van der Waals surface area contributed by atoms with Crippen molar-refractivity contribution in [3.63, 3.8) is 0 Å². The minimum Gasteiger partial charge on any atom is -0.342 e. The first-order valence-corrected chi connectivity index (χ1v) is 13.0. The van der Waals surface area contributed by atoms with E-state index in [9.17, 15) is 9.59 Å². The number of para-hydroxylation sites is 1. The van der Waals surface area contributed by atoms with Crippen molar-refractivity contribution in [2.24, 2.45) is 5.92 Å². The molecule has 2 amide bonds. The summed E-state index contributed by atoms with van der Waals surface area (Å²) in [5, 5.41) is 15.6. The fraction of sp³-hybridized carbons (Fsp3) is 0.407. The third-order valence-electron chi connectivity index (χ3n) is 5.76. The van der Waals surface area contributed by atoms with Crippen LogP contribution in [0.3, 0.4) is 0 Å². The second-order valence-electron chi connectivity index (χ2n) is 9.23. The number of hydrogen-bond acceptors (Lipinski definition) is 5. The molecular weight excluding hydrogens is 458 g/mol. The summed E-state index contributed by atoms with van der Waals surface area (Å²) in [7, 11) is 0.